The second kappa shape index (κ2) is 7.21. The van der Waals surface area contributed by atoms with Crippen molar-refractivity contribution in [3.63, 3.8) is 0 Å². The first kappa shape index (κ1) is 18.4. The van der Waals surface area contributed by atoms with Crippen LogP contribution in [0.25, 0.3) is 5.57 Å². The zero-order chi connectivity index (χ0) is 19.8. The Morgan fingerprint density at radius 1 is 1.14 bits per heavy atom. The maximum absolute atomic E-state index is 13.1. The molecule has 2 aromatic rings. The Kier molecular flexibility index (Phi) is 4.74. The summed E-state index contributed by atoms with van der Waals surface area (Å²) < 4.78 is 0.313. The van der Waals surface area contributed by atoms with E-state index >= 15 is 0 Å². The molecule has 2 aromatic carbocycles. The lowest BCUT2D eigenvalue weighted by atomic mass is 10.1. The Labute approximate surface area is 171 Å². The third-order valence-electron chi connectivity index (χ3n) is 4.49. The Balaban J connectivity index is 1.66. The molecule has 0 aromatic heterocycles. The zero-order valence-corrected chi connectivity index (χ0v) is 16.4. The van der Waals surface area contributed by atoms with Gasteiger partial charge in [-0.1, -0.05) is 60.4 Å². The molecule has 0 atom stereocenters. The maximum Gasteiger partial charge on any atom is 0.264 e. The van der Waals surface area contributed by atoms with Gasteiger partial charge in [0.1, 0.15) is 10.9 Å². The van der Waals surface area contributed by atoms with E-state index in [0.29, 0.717) is 21.3 Å². The number of nitrogens with zero attached hydrogens (tertiary/aromatic N) is 1. The summed E-state index contributed by atoms with van der Waals surface area (Å²) in [6, 6.07) is 14.5. The SMILES string of the molecule is Cc1ccccc1NC(=O)CN1C(=O)/C(=C2/SC(=S)NC2=O)c2ccccc21. The van der Waals surface area contributed by atoms with Crippen LogP contribution in [-0.4, -0.2) is 28.6 Å². The van der Waals surface area contributed by atoms with Crippen LogP contribution in [0.1, 0.15) is 11.1 Å². The van der Waals surface area contributed by atoms with Crippen molar-refractivity contribution in [1.29, 1.82) is 0 Å². The lowest BCUT2D eigenvalue weighted by molar-refractivity contribution is -0.118. The van der Waals surface area contributed by atoms with Crippen molar-refractivity contribution < 1.29 is 14.4 Å². The fourth-order valence-electron chi connectivity index (χ4n) is 3.18. The maximum atomic E-state index is 13.1. The minimum absolute atomic E-state index is 0.155. The molecule has 0 aliphatic carbocycles. The first-order valence-corrected chi connectivity index (χ1v) is 9.72. The summed E-state index contributed by atoms with van der Waals surface area (Å²) >= 11 is 6.10. The van der Waals surface area contributed by atoms with Crippen LogP contribution in [0.3, 0.4) is 0 Å². The number of rotatable bonds is 3. The van der Waals surface area contributed by atoms with Crippen molar-refractivity contribution in [2.75, 3.05) is 16.8 Å². The number of benzene rings is 2. The second-order valence-corrected chi connectivity index (χ2v) is 8.01. The van der Waals surface area contributed by atoms with Crippen molar-refractivity contribution in [1.82, 2.24) is 5.32 Å². The Bertz CT molecular complexity index is 1080. The molecule has 1 fully saturated rings. The molecule has 0 bridgehead atoms. The normalized spacial score (nSPS) is 18.3. The van der Waals surface area contributed by atoms with E-state index in [9.17, 15) is 14.4 Å². The van der Waals surface area contributed by atoms with Crippen molar-refractivity contribution >= 4 is 63.0 Å². The highest BCUT2D eigenvalue weighted by atomic mass is 32.2. The van der Waals surface area contributed by atoms with Gasteiger partial charge in [0, 0.05) is 11.3 Å². The average molecular weight is 409 g/mol. The summed E-state index contributed by atoms with van der Waals surface area (Å²) in [5.74, 6) is -1.09. The number of nitrogens with one attached hydrogen (secondary N) is 2. The number of aryl methyl sites for hydroxylation is 1. The quantitative estimate of drug-likeness (QED) is 0.602. The van der Waals surface area contributed by atoms with Gasteiger partial charge in [-0.2, -0.15) is 0 Å². The summed E-state index contributed by atoms with van der Waals surface area (Å²) in [7, 11) is 0. The molecule has 8 heteroatoms. The predicted octanol–water partition coefficient (Wildman–Crippen LogP) is 2.84. The minimum Gasteiger partial charge on any atom is -0.324 e. The number of thiocarbonyl (C=S) groups is 1. The van der Waals surface area contributed by atoms with E-state index in [1.807, 2.05) is 25.1 Å². The highest BCUT2D eigenvalue weighted by Gasteiger charge is 2.39. The van der Waals surface area contributed by atoms with Gasteiger partial charge in [-0.25, -0.2) is 0 Å². The second-order valence-electron chi connectivity index (χ2n) is 6.32. The summed E-state index contributed by atoms with van der Waals surface area (Å²) in [4.78, 5) is 39.6. The van der Waals surface area contributed by atoms with E-state index in [1.54, 1.807) is 30.3 Å². The number of carbonyl (C=O) groups excluding carboxylic acids is 3. The van der Waals surface area contributed by atoms with E-state index in [1.165, 1.54) is 4.90 Å². The van der Waals surface area contributed by atoms with Gasteiger partial charge >= 0.3 is 0 Å². The summed E-state index contributed by atoms with van der Waals surface area (Å²) in [6.45, 7) is 1.74. The molecule has 2 N–H and O–H groups in total. The van der Waals surface area contributed by atoms with Crippen LogP contribution in [0.5, 0.6) is 0 Å². The largest absolute Gasteiger partial charge is 0.324 e. The molecule has 2 heterocycles. The molecule has 6 nitrogen and oxygen atoms in total. The van der Waals surface area contributed by atoms with E-state index in [2.05, 4.69) is 10.6 Å². The van der Waals surface area contributed by atoms with Crippen molar-refractivity contribution in [3.05, 3.63) is 64.6 Å². The van der Waals surface area contributed by atoms with Crippen molar-refractivity contribution in [3.8, 4) is 0 Å². The smallest absolute Gasteiger partial charge is 0.264 e. The Hall–Kier alpha value is -2.97. The molecule has 2 aliphatic rings. The first-order chi connectivity index (χ1) is 13.5. The molecule has 0 saturated carbocycles. The standard InChI is InChI=1S/C20H15N3O3S2/c1-11-6-2-4-8-13(11)21-15(24)10-23-14-9-5-3-7-12(14)16(19(23)26)17-18(25)22-20(27)28-17/h2-9H,10H2,1H3,(H,21,24)(H,22,25,27)/b17-16+. The molecular formula is C20H15N3O3S2. The Morgan fingerprint density at radius 3 is 2.57 bits per heavy atom. The molecule has 4 rings (SSSR count). The summed E-state index contributed by atoms with van der Waals surface area (Å²) in [5, 5.41) is 5.37. The van der Waals surface area contributed by atoms with Crippen LogP contribution in [-0.2, 0) is 14.4 Å². The van der Waals surface area contributed by atoms with Gasteiger partial charge in [0.05, 0.1) is 16.2 Å². The van der Waals surface area contributed by atoms with Gasteiger partial charge in [-0.05, 0) is 24.6 Å². The predicted molar refractivity (Wildman–Crippen MR) is 114 cm³/mol. The number of fused-ring (bicyclic) bond motifs is 1. The molecule has 3 amide bonds. The molecule has 1 saturated heterocycles. The van der Waals surface area contributed by atoms with E-state index in [0.717, 1.165) is 17.3 Å². The minimum atomic E-state index is -0.389. The van der Waals surface area contributed by atoms with Crippen LogP contribution < -0.4 is 15.5 Å². The molecule has 0 spiro atoms. The average Bonchev–Trinajstić information content (AvgIpc) is 3.13. The molecule has 2 aliphatic heterocycles. The van der Waals surface area contributed by atoms with Gasteiger partial charge in [0.2, 0.25) is 5.91 Å². The Morgan fingerprint density at radius 2 is 1.86 bits per heavy atom. The number of carbonyl (C=O) groups is 3. The monoisotopic (exact) mass is 409 g/mol. The highest BCUT2D eigenvalue weighted by Crippen LogP contribution is 2.42. The number of amides is 3. The number of para-hydroxylation sites is 2. The van der Waals surface area contributed by atoms with Gasteiger partial charge in [-0.15, -0.1) is 0 Å². The van der Waals surface area contributed by atoms with Crippen LogP contribution in [0, 0.1) is 6.92 Å². The fourth-order valence-corrected chi connectivity index (χ4v) is 4.30. The molecular weight excluding hydrogens is 394 g/mol. The number of hydrogen-bond acceptors (Lipinski definition) is 5. The van der Waals surface area contributed by atoms with E-state index in [4.69, 9.17) is 12.2 Å². The molecule has 0 unspecified atom stereocenters. The van der Waals surface area contributed by atoms with Gasteiger partial charge < -0.3 is 10.6 Å². The number of thioether (sulfide) groups is 1. The van der Waals surface area contributed by atoms with Crippen LogP contribution in [0.2, 0.25) is 0 Å². The fraction of sp³-hybridized carbons (Fsp3) is 0.100. The van der Waals surface area contributed by atoms with E-state index < -0.39 is 0 Å². The lowest BCUT2D eigenvalue weighted by Crippen LogP contribution is -2.35. The zero-order valence-electron chi connectivity index (χ0n) is 14.8. The summed E-state index contributed by atoms with van der Waals surface area (Å²) in [6.07, 6.45) is 0. The van der Waals surface area contributed by atoms with Crippen molar-refractivity contribution in [2.24, 2.45) is 0 Å². The summed E-state index contributed by atoms with van der Waals surface area (Å²) in [5.41, 5.74) is 3.13. The highest BCUT2D eigenvalue weighted by molar-refractivity contribution is 8.27. The molecule has 140 valence electrons. The third-order valence-corrected chi connectivity index (χ3v) is 5.72. The third kappa shape index (κ3) is 3.21. The molecule has 28 heavy (non-hydrogen) atoms. The van der Waals surface area contributed by atoms with Crippen LogP contribution in [0.15, 0.2) is 53.4 Å². The van der Waals surface area contributed by atoms with Gasteiger partial charge in [0.15, 0.2) is 0 Å². The van der Waals surface area contributed by atoms with Gasteiger partial charge in [0.25, 0.3) is 11.8 Å². The van der Waals surface area contributed by atoms with Crippen molar-refractivity contribution in [2.45, 2.75) is 6.92 Å². The van der Waals surface area contributed by atoms with Crippen LogP contribution >= 0.6 is 24.0 Å². The van der Waals surface area contributed by atoms with Crippen LogP contribution in [0.4, 0.5) is 11.4 Å². The van der Waals surface area contributed by atoms with E-state index in [-0.39, 0.29) is 34.7 Å². The number of hydrogen-bond donors (Lipinski definition) is 2. The lowest BCUT2D eigenvalue weighted by Gasteiger charge is -2.17. The first-order valence-electron chi connectivity index (χ1n) is 8.50. The molecule has 0 radical (unpaired) electrons. The number of anilines is 2. The topological polar surface area (TPSA) is 78.5 Å². The van der Waals surface area contributed by atoms with Gasteiger partial charge in [-0.3, -0.25) is 19.3 Å².